The lowest BCUT2D eigenvalue weighted by atomic mass is 10.1. The first-order valence-corrected chi connectivity index (χ1v) is 10.3. The number of piperidine rings is 1. The van der Waals surface area contributed by atoms with Crippen LogP contribution in [0.5, 0.6) is 0 Å². The first-order valence-electron chi connectivity index (χ1n) is 10.3. The molecule has 144 valence electrons. The van der Waals surface area contributed by atoms with Gasteiger partial charge in [0.1, 0.15) is 0 Å². The van der Waals surface area contributed by atoms with E-state index in [1.54, 1.807) is 0 Å². The lowest BCUT2D eigenvalue weighted by molar-refractivity contribution is -0.130. The number of amides is 1. The van der Waals surface area contributed by atoms with Crippen molar-refractivity contribution in [2.45, 2.75) is 58.3 Å². The molecule has 0 unspecified atom stereocenters. The van der Waals surface area contributed by atoms with E-state index >= 15 is 0 Å². The number of carbonyl (C=O) groups is 1. The summed E-state index contributed by atoms with van der Waals surface area (Å²) in [6, 6.07) is 0. The van der Waals surface area contributed by atoms with Gasteiger partial charge in [-0.3, -0.25) is 9.79 Å². The molecule has 0 aromatic carbocycles. The van der Waals surface area contributed by atoms with Crippen LogP contribution in [0.2, 0.25) is 0 Å². The highest BCUT2D eigenvalue weighted by Crippen LogP contribution is 2.11. The van der Waals surface area contributed by atoms with Crippen molar-refractivity contribution in [3.8, 4) is 0 Å². The van der Waals surface area contributed by atoms with E-state index in [0.29, 0.717) is 5.91 Å². The van der Waals surface area contributed by atoms with Crippen LogP contribution < -0.4 is 10.6 Å². The quantitative estimate of drug-likeness (QED) is 0.398. The Morgan fingerprint density at radius 3 is 2.56 bits per heavy atom. The minimum Gasteiger partial charge on any atom is -0.357 e. The van der Waals surface area contributed by atoms with Gasteiger partial charge in [0.05, 0.1) is 0 Å². The molecule has 2 fully saturated rings. The van der Waals surface area contributed by atoms with Gasteiger partial charge in [0.25, 0.3) is 0 Å². The number of carbonyl (C=O) groups excluding carboxylic acids is 1. The Kier molecular flexibility index (Phi) is 9.70. The molecule has 2 N–H and O–H groups in total. The lowest BCUT2D eigenvalue weighted by Gasteiger charge is -2.26. The SMILES string of the molecule is CCNC(=NCCCN1CCCCCC1=O)NCCN1CCCCC1. The molecule has 0 bridgehead atoms. The first kappa shape index (κ1) is 20.0. The summed E-state index contributed by atoms with van der Waals surface area (Å²) in [7, 11) is 0. The summed E-state index contributed by atoms with van der Waals surface area (Å²) in [6.07, 6.45) is 9.11. The highest BCUT2D eigenvalue weighted by atomic mass is 16.2. The zero-order valence-electron chi connectivity index (χ0n) is 16.1. The Morgan fingerprint density at radius 2 is 1.76 bits per heavy atom. The summed E-state index contributed by atoms with van der Waals surface area (Å²) in [6.45, 7) is 10.0. The van der Waals surface area contributed by atoms with E-state index in [-0.39, 0.29) is 0 Å². The molecule has 6 nitrogen and oxygen atoms in total. The largest absolute Gasteiger partial charge is 0.357 e. The second-order valence-corrected chi connectivity index (χ2v) is 7.13. The molecule has 0 aromatic heterocycles. The molecule has 2 rings (SSSR count). The smallest absolute Gasteiger partial charge is 0.222 e. The van der Waals surface area contributed by atoms with Crippen LogP contribution in [0.15, 0.2) is 4.99 Å². The number of rotatable bonds is 8. The molecule has 0 aromatic rings. The number of likely N-dealkylation sites (tertiary alicyclic amines) is 2. The topological polar surface area (TPSA) is 60.0 Å². The van der Waals surface area contributed by atoms with Crippen LogP contribution in [0.4, 0.5) is 0 Å². The van der Waals surface area contributed by atoms with Gasteiger partial charge < -0.3 is 20.4 Å². The molecular formula is C19H37N5O. The molecule has 0 atom stereocenters. The lowest BCUT2D eigenvalue weighted by Crippen LogP contribution is -2.42. The fourth-order valence-electron chi connectivity index (χ4n) is 3.58. The van der Waals surface area contributed by atoms with Crippen molar-refractivity contribution < 1.29 is 4.79 Å². The minimum atomic E-state index is 0.327. The van der Waals surface area contributed by atoms with Crippen LogP contribution in [-0.2, 0) is 4.79 Å². The Bertz CT molecular complexity index is 407. The number of aliphatic imine (C=N–C) groups is 1. The fourth-order valence-corrected chi connectivity index (χ4v) is 3.58. The maximum atomic E-state index is 12.0. The maximum Gasteiger partial charge on any atom is 0.222 e. The minimum absolute atomic E-state index is 0.327. The van der Waals surface area contributed by atoms with Crippen molar-refractivity contribution in [2.75, 3.05) is 52.4 Å². The number of hydrogen-bond donors (Lipinski definition) is 2. The number of nitrogens with zero attached hydrogens (tertiary/aromatic N) is 3. The monoisotopic (exact) mass is 351 g/mol. The van der Waals surface area contributed by atoms with Gasteiger partial charge in [-0.1, -0.05) is 12.8 Å². The molecule has 0 aliphatic carbocycles. The van der Waals surface area contributed by atoms with Gasteiger partial charge in [0, 0.05) is 45.7 Å². The van der Waals surface area contributed by atoms with Gasteiger partial charge >= 0.3 is 0 Å². The molecule has 2 saturated heterocycles. The van der Waals surface area contributed by atoms with Crippen molar-refractivity contribution in [1.82, 2.24) is 20.4 Å². The fraction of sp³-hybridized carbons (Fsp3) is 0.895. The van der Waals surface area contributed by atoms with Crippen LogP contribution in [0.1, 0.15) is 58.3 Å². The molecule has 2 aliphatic rings. The summed E-state index contributed by atoms with van der Waals surface area (Å²) in [5.74, 6) is 1.23. The second kappa shape index (κ2) is 12.1. The first-order chi connectivity index (χ1) is 12.3. The highest BCUT2D eigenvalue weighted by Gasteiger charge is 2.15. The van der Waals surface area contributed by atoms with Gasteiger partial charge in [-0.2, -0.15) is 0 Å². The summed E-state index contributed by atoms with van der Waals surface area (Å²) < 4.78 is 0. The predicted octanol–water partition coefficient (Wildman–Crippen LogP) is 1.82. The zero-order chi connectivity index (χ0) is 17.7. The van der Waals surface area contributed by atoms with Gasteiger partial charge in [-0.05, 0) is 52.1 Å². The highest BCUT2D eigenvalue weighted by molar-refractivity contribution is 5.79. The standard InChI is InChI=1S/C19H37N5O/c1-2-20-19(22-12-17-23-13-6-4-7-14-23)21-11-9-16-24-15-8-3-5-10-18(24)25/h2-17H2,1H3,(H2,20,21,22). The maximum absolute atomic E-state index is 12.0. The van der Waals surface area contributed by atoms with Crippen LogP contribution in [-0.4, -0.2) is 74.0 Å². The third kappa shape index (κ3) is 8.08. The van der Waals surface area contributed by atoms with Crippen molar-refractivity contribution in [2.24, 2.45) is 4.99 Å². The van der Waals surface area contributed by atoms with Crippen molar-refractivity contribution in [1.29, 1.82) is 0 Å². The van der Waals surface area contributed by atoms with E-state index in [0.717, 1.165) is 70.9 Å². The molecule has 25 heavy (non-hydrogen) atoms. The molecule has 1 amide bonds. The van der Waals surface area contributed by atoms with Crippen molar-refractivity contribution >= 4 is 11.9 Å². The zero-order valence-corrected chi connectivity index (χ0v) is 16.1. The van der Waals surface area contributed by atoms with Gasteiger partial charge in [0.15, 0.2) is 5.96 Å². The Hall–Kier alpha value is -1.30. The Labute approximate surface area is 153 Å². The van der Waals surface area contributed by atoms with E-state index in [1.165, 1.54) is 38.8 Å². The molecular weight excluding hydrogens is 314 g/mol. The van der Waals surface area contributed by atoms with E-state index < -0.39 is 0 Å². The molecule has 0 spiro atoms. The molecule has 0 saturated carbocycles. The third-order valence-corrected chi connectivity index (χ3v) is 5.04. The number of guanidine groups is 1. The molecule has 0 radical (unpaired) electrons. The van der Waals surface area contributed by atoms with Crippen LogP contribution >= 0.6 is 0 Å². The molecule has 2 heterocycles. The van der Waals surface area contributed by atoms with E-state index in [9.17, 15) is 4.79 Å². The normalized spacial score (nSPS) is 20.4. The summed E-state index contributed by atoms with van der Waals surface area (Å²) in [4.78, 5) is 21.2. The van der Waals surface area contributed by atoms with Crippen LogP contribution in [0, 0.1) is 0 Å². The van der Waals surface area contributed by atoms with Gasteiger partial charge in [-0.15, -0.1) is 0 Å². The third-order valence-electron chi connectivity index (χ3n) is 5.04. The van der Waals surface area contributed by atoms with Crippen molar-refractivity contribution in [3.63, 3.8) is 0 Å². The average molecular weight is 352 g/mol. The van der Waals surface area contributed by atoms with Gasteiger partial charge in [0.2, 0.25) is 5.91 Å². The Morgan fingerprint density at radius 1 is 1.00 bits per heavy atom. The second-order valence-electron chi connectivity index (χ2n) is 7.13. The summed E-state index contributed by atoms with van der Waals surface area (Å²) in [5, 5.41) is 6.76. The van der Waals surface area contributed by atoms with E-state index in [2.05, 4.69) is 27.4 Å². The van der Waals surface area contributed by atoms with E-state index in [1.807, 2.05) is 4.90 Å². The van der Waals surface area contributed by atoms with Gasteiger partial charge in [-0.25, -0.2) is 0 Å². The average Bonchev–Trinajstić information content (AvgIpc) is 2.84. The predicted molar refractivity (Wildman–Crippen MR) is 104 cm³/mol. The van der Waals surface area contributed by atoms with Crippen molar-refractivity contribution in [3.05, 3.63) is 0 Å². The molecule has 6 heteroatoms. The number of nitrogens with one attached hydrogen (secondary N) is 2. The van der Waals surface area contributed by atoms with Crippen LogP contribution in [0.25, 0.3) is 0 Å². The van der Waals surface area contributed by atoms with E-state index in [4.69, 9.17) is 0 Å². The summed E-state index contributed by atoms with van der Waals surface area (Å²) in [5.41, 5.74) is 0. The molecule has 2 aliphatic heterocycles. The summed E-state index contributed by atoms with van der Waals surface area (Å²) >= 11 is 0. The number of hydrogen-bond acceptors (Lipinski definition) is 3. The van der Waals surface area contributed by atoms with Crippen LogP contribution in [0.3, 0.4) is 0 Å². The Balaban J connectivity index is 1.64.